The fourth-order valence-electron chi connectivity index (χ4n) is 3.05. The van der Waals surface area contributed by atoms with Gasteiger partial charge in [-0.15, -0.1) is 0 Å². The average Bonchev–Trinajstić information content (AvgIpc) is 2.67. The number of piperazine rings is 1. The van der Waals surface area contributed by atoms with Gasteiger partial charge in [0.1, 0.15) is 0 Å². The lowest BCUT2D eigenvalue weighted by molar-refractivity contribution is 0.0638. The maximum absolute atomic E-state index is 12.7. The number of carbonyl (C=O) groups is 1. The van der Waals surface area contributed by atoms with E-state index in [9.17, 15) is 4.79 Å². The molecular weight excluding hydrogens is 373 g/mol. The number of pyridine rings is 1. The molecule has 1 saturated heterocycles. The molecule has 26 heavy (non-hydrogen) atoms. The average molecular weight is 394 g/mol. The van der Waals surface area contributed by atoms with Gasteiger partial charge in [-0.1, -0.05) is 29.3 Å². The summed E-state index contributed by atoms with van der Waals surface area (Å²) in [6.07, 6.45) is 2.73. The van der Waals surface area contributed by atoms with Gasteiger partial charge in [0.15, 0.2) is 5.75 Å². The van der Waals surface area contributed by atoms with Crippen LogP contribution in [-0.2, 0) is 6.42 Å². The maximum atomic E-state index is 12.7. The summed E-state index contributed by atoms with van der Waals surface area (Å²) >= 11 is 12.3. The van der Waals surface area contributed by atoms with Gasteiger partial charge in [0.2, 0.25) is 0 Å². The Morgan fingerprint density at radius 1 is 1.15 bits per heavy atom. The van der Waals surface area contributed by atoms with Gasteiger partial charge in [0.05, 0.1) is 17.2 Å². The van der Waals surface area contributed by atoms with Gasteiger partial charge in [0, 0.05) is 56.6 Å². The molecule has 0 unspecified atom stereocenters. The summed E-state index contributed by atoms with van der Waals surface area (Å²) in [5.74, 6) is 0.338. The van der Waals surface area contributed by atoms with Gasteiger partial charge >= 0.3 is 0 Å². The highest BCUT2D eigenvalue weighted by Gasteiger charge is 2.23. The van der Waals surface area contributed by atoms with Crippen LogP contribution in [-0.4, -0.2) is 60.5 Å². The molecule has 7 heteroatoms. The summed E-state index contributed by atoms with van der Waals surface area (Å²) in [6.45, 7) is 4.00. The Morgan fingerprint density at radius 2 is 1.85 bits per heavy atom. The molecule has 2 aromatic rings. The first kappa shape index (κ1) is 19.0. The van der Waals surface area contributed by atoms with E-state index in [-0.39, 0.29) is 5.91 Å². The lowest BCUT2D eigenvalue weighted by atomic mass is 10.1. The number of carbonyl (C=O) groups excluding carboxylic acids is 1. The highest BCUT2D eigenvalue weighted by atomic mass is 35.5. The van der Waals surface area contributed by atoms with Gasteiger partial charge in [0.25, 0.3) is 5.91 Å². The van der Waals surface area contributed by atoms with Gasteiger partial charge < -0.3 is 9.64 Å². The molecule has 1 amide bonds. The first-order chi connectivity index (χ1) is 12.6. The van der Waals surface area contributed by atoms with E-state index in [1.54, 1.807) is 12.1 Å². The third kappa shape index (κ3) is 4.47. The third-order valence-corrected chi connectivity index (χ3v) is 5.08. The van der Waals surface area contributed by atoms with Crippen LogP contribution in [0.15, 0.2) is 36.5 Å². The van der Waals surface area contributed by atoms with Gasteiger partial charge in [-0.25, -0.2) is 0 Å². The van der Waals surface area contributed by atoms with E-state index in [0.29, 0.717) is 34.4 Å². The fourth-order valence-corrected chi connectivity index (χ4v) is 3.70. The Bertz CT molecular complexity index is 740. The van der Waals surface area contributed by atoms with Crippen molar-refractivity contribution in [3.8, 4) is 5.75 Å². The van der Waals surface area contributed by atoms with Crippen LogP contribution in [0.3, 0.4) is 0 Å². The molecule has 0 radical (unpaired) electrons. The summed E-state index contributed by atoms with van der Waals surface area (Å²) in [7, 11) is 1.50. The maximum Gasteiger partial charge on any atom is 0.254 e. The zero-order chi connectivity index (χ0) is 18.5. The van der Waals surface area contributed by atoms with Crippen molar-refractivity contribution in [2.24, 2.45) is 0 Å². The Balaban J connectivity index is 1.55. The van der Waals surface area contributed by atoms with E-state index in [4.69, 9.17) is 27.9 Å². The predicted molar refractivity (Wildman–Crippen MR) is 103 cm³/mol. The lowest BCUT2D eigenvalue weighted by Gasteiger charge is -2.34. The van der Waals surface area contributed by atoms with Crippen LogP contribution in [0.25, 0.3) is 0 Å². The molecule has 0 N–H and O–H groups in total. The third-order valence-electron chi connectivity index (χ3n) is 4.52. The number of rotatable bonds is 5. The lowest BCUT2D eigenvalue weighted by Crippen LogP contribution is -2.49. The van der Waals surface area contributed by atoms with Crippen molar-refractivity contribution in [3.05, 3.63) is 57.8 Å². The van der Waals surface area contributed by atoms with Crippen LogP contribution in [0, 0.1) is 0 Å². The number of ether oxygens (including phenoxy) is 1. The topological polar surface area (TPSA) is 45.7 Å². The van der Waals surface area contributed by atoms with Crippen LogP contribution >= 0.6 is 23.2 Å². The number of hydrogen-bond donors (Lipinski definition) is 0. The Labute approximate surface area is 163 Å². The van der Waals surface area contributed by atoms with Crippen LogP contribution in [0.2, 0.25) is 10.0 Å². The molecule has 1 aromatic carbocycles. The quantitative estimate of drug-likeness (QED) is 0.780. The molecule has 5 nitrogen and oxygen atoms in total. The first-order valence-corrected chi connectivity index (χ1v) is 9.28. The number of aromatic nitrogens is 1. The molecule has 2 heterocycles. The number of methoxy groups -OCH3 is 1. The van der Waals surface area contributed by atoms with Crippen LogP contribution in [0.1, 0.15) is 16.1 Å². The molecule has 1 aliphatic rings. The summed E-state index contributed by atoms with van der Waals surface area (Å²) in [4.78, 5) is 21.3. The molecule has 1 aromatic heterocycles. The van der Waals surface area contributed by atoms with Crippen molar-refractivity contribution < 1.29 is 9.53 Å². The minimum Gasteiger partial charge on any atom is -0.494 e. The zero-order valence-corrected chi connectivity index (χ0v) is 16.1. The van der Waals surface area contributed by atoms with Crippen molar-refractivity contribution in [1.82, 2.24) is 14.8 Å². The molecule has 0 spiro atoms. The van der Waals surface area contributed by atoms with Crippen LogP contribution < -0.4 is 4.74 Å². The van der Waals surface area contributed by atoms with Gasteiger partial charge in [-0.3, -0.25) is 14.7 Å². The minimum atomic E-state index is -0.0548. The van der Waals surface area contributed by atoms with Crippen LogP contribution in [0.5, 0.6) is 5.75 Å². The van der Waals surface area contributed by atoms with E-state index in [1.165, 1.54) is 7.11 Å². The summed E-state index contributed by atoms with van der Waals surface area (Å²) < 4.78 is 5.13. The van der Waals surface area contributed by atoms with E-state index in [2.05, 4.69) is 9.88 Å². The SMILES string of the molecule is COc1c(Cl)cc(C(=O)N2CCN(CCc3ccccn3)CC2)cc1Cl. The smallest absolute Gasteiger partial charge is 0.254 e. The number of nitrogens with zero attached hydrogens (tertiary/aromatic N) is 3. The monoisotopic (exact) mass is 393 g/mol. The predicted octanol–water partition coefficient (Wildman–Crippen LogP) is 3.40. The first-order valence-electron chi connectivity index (χ1n) is 8.53. The molecule has 1 aliphatic heterocycles. The molecular formula is C19H21Cl2N3O2. The highest BCUT2D eigenvalue weighted by Crippen LogP contribution is 2.34. The Kier molecular flexibility index (Phi) is 6.35. The van der Waals surface area contributed by atoms with Crippen molar-refractivity contribution >= 4 is 29.1 Å². The Hall–Kier alpha value is -1.82. The van der Waals surface area contributed by atoms with Crippen molar-refractivity contribution in [2.75, 3.05) is 39.8 Å². The van der Waals surface area contributed by atoms with Crippen LogP contribution in [0.4, 0.5) is 0 Å². The largest absolute Gasteiger partial charge is 0.494 e. The van der Waals surface area contributed by atoms with Crippen molar-refractivity contribution in [3.63, 3.8) is 0 Å². The van der Waals surface area contributed by atoms with E-state index in [0.717, 1.165) is 31.7 Å². The fraction of sp³-hybridized carbons (Fsp3) is 0.368. The van der Waals surface area contributed by atoms with E-state index in [1.807, 2.05) is 29.3 Å². The molecule has 138 valence electrons. The Morgan fingerprint density at radius 3 is 2.42 bits per heavy atom. The second kappa shape index (κ2) is 8.71. The van der Waals surface area contributed by atoms with Crippen molar-refractivity contribution in [1.29, 1.82) is 0 Å². The van der Waals surface area contributed by atoms with Gasteiger partial charge in [-0.2, -0.15) is 0 Å². The molecule has 0 atom stereocenters. The summed E-state index contributed by atoms with van der Waals surface area (Å²) in [5, 5.41) is 0.690. The van der Waals surface area contributed by atoms with Gasteiger partial charge in [-0.05, 0) is 24.3 Å². The number of halogens is 2. The number of benzene rings is 1. The van der Waals surface area contributed by atoms with E-state index < -0.39 is 0 Å². The molecule has 0 bridgehead atoms. The second-order valence-corrected chi connectivity index (χ2v) is 6.99. The van der Waals surface area contributed by atoms with E-state index >= 15 is 0 Å². The highest BCUT2D eigenvalue weighted by molar-refractivity contribution is 6.37. The zero-order valence-electron chi connectivity index (χ0n) is 14.6. The number of amides is 1. The van der Waals surface area contributed by atoms with Crippen molar-refractivity contribution in [2.45, 2.75) is 6.42 Å². The standard InChI is InChI=1S/C19H21Cl2N3O2/c1-26-18-16(20)12-14(13-17(18)21)19(25)24-10-8-23(9-11-24)7-5-15-4-2-3-6-22-15/h2-4,6,12-13H,5,7-11H2,1H3. The molecule has 0 saturated carbocycles. The summed E-state index contributed by atoms with van der Waals surface area (Å²) in [6, 6.07) is 9.19. The number of hydrogen-bond acceptors (Lipinski definition) is 4. The minimum absolute atomic E-state index is 0.0548. The molecule has 3 rings (SSSR count). The normalized spacial score (nSPS) is 15.1. The molecule has 1 fully saturated rings. The second-order valence-electron chi connectivity index (χ2n) is 6.18. The summed E-state index contributed by atoms with van der Waals surface area (Å²) in [5.41, 5.74) is 1.58. The molecule has 0 aliphatic carbocycles.